The average Bonchev–Trinajstić information content (AvgIpc) is 2.82. The standard InChI is InChI=1S/C14H14F4N2S/c1-2-19-8-11-13(14(16,17)18)20-12(21-11)7-9-5-3-4-6-10(9)15/h3-6,19H,2,7-8H2,1H3. The number of hydrogen-bond acceptors (Lipinski definition) is 3. The molecule has 0 saturated carbocycles. The van der Waals surface area contributed by atoms with Gasteiger partial charge < -0.3 is 5.32 Å². The lowest BCUT2D eigenvalue weighted by Crippen LogP contribution is -2.15. The van der Waals surface area contributed by atoms with Gasteiger partial charge >= 0.3 is 6.18 Å². The molecule has 0 amide bonds. The molecule has 0 unspecified atom stereocenters. The Labute approximate surface area is 123 Å². The van der Waals surface area contributed by atoms with Crippen molar-refractivity contribution in [3.05, 3.63) is 51.2 Å². The van der Waals surface area contributed by atoms with Crippen molar-refractivity contribution < 1.29 is 17.6 Å². The van der Waals surface area contributed by atoms with Gasteiger partial charge in [0.25, 0.3) is 0 Å². The molecule has 0 aliphatic heterocycles. The number of halogens is 4. The van der Waals surface area contributed by atoms with Crippen LogP contribution in [0.25, 0.3) is 0 Å². The number of nitrogens with one attached hydrogen (secondary N) is 1. The van der Waals surface area contributed by atoms with Crippen molar-refractivity contribution in [3.63, 3.8) is 0 Å². The molecule has 2 aromatic rings. The molecule has 0 atom stereocenters. The molecule has 0 spiro atoms. The van der Waals surface area contributed by atoms with E-state index in [1.807, 2.05) is 6.92 Å². The van der Waals surface area contributed by atoms with Crippen molar-refractivity contribution in [2.75, 3.05) is 6.54 Å². The van der Waals surface area contributed by atoms with E-state index in [2.05, 4.69) is 10.3 Å². The molecule has 114 valence electrons. The molecule has 7 heteroatoms. The number of aromatic nitrogens is 1. The summed E-state index contributed by atoms with van der Waals surface area (Å²) in [5.41, 5.74) is -0.533. The Morgan fingerprint density at radius 1 is 1.24 bits per heavy atom. The minimum Gasteiger partial charge on any atom is -0.312 e. The van der Waals surface area contributed by atoms with E-state index < -0.39 is 17.7 Å². The first kappa shape index (κ1) is 15.9. The second-order valence-corrected chi connectivity index (χ2v) is 5.59. The summed E-state index contributed by atoms with van der Waals surface area (Å²) in [6.45, 7) is 2.49. The number of hydrogen-bond donors (Lipinski definition) is 1. The first-order valence-corrected chi connectivity index (χ1v) is 7.23. The van der Waals surface area contributed by atoms with Crippen molar-refractivity contribution in [1.29, 1.82) is 0 Å². The van der Waals surface area contributed by atoms with Crippen LogP contribution in [0, 0.1) is 5.82 Å². The van der Waals surface area contributed by atoms with Crippen LogP contribution in [0.1, 0.15) is 28.1 Å². The predicted octanol–water partition coefficient (Wildman–Crippen LogP) is 4.00. The smallest absolute Gasteiger partial charge is 0.312 e. The third-order valence-electron chi connectivity index (χ3n) is 2.85. The van der Waals surface area contributed by atoms with E-state index in [1.54, 1.807) is 18.2 Å². The molecule has 1 aromatic carbocycles. The second-order valence-electron chi connectivity index (χ2n) is 4.43. The van der Waals surface area contributed by atoms with Gasteiger partial charge in [-0.15, -0.1) is 11.3 Å². The maximum atomic E-state index is 13.6. The van der Waals surface area contributed by atoms with Gasteiger partial charge in [-0.05, 0) is 18.2 Å². The van der Waals surface area contributed by atoms with E-state index in [9.17, 15) is 17.6 Å². The fourth-order valence-electron chi connectivity index (χ4n) is 1.86. The van der Waals surface area contributed by atoms with Crippen LogP contribution >= 0.6 is 11.3 Å². The Kier molecular flexibility index (Phi) is 4.95. The van der Waals surface area contributed by atoms with Crippen molar-refractivity contribution in [3.8, 4) is 0 Å². The first-order valence-electron chi connectivity index (χ1n) is 6.41. The van der Waals surface area contributed by atoms with E-state index in [4.69, 9.17) is 0 Å². The quantitative estimate of drug-likeness (QED) is 0.843. The maximum Gasteiger partial charge on any atom is 0.434 e. The van der Waals surface area contributed by atoms with Crippen LogP contribution in [0.5, 0.6) is 0 Å². The van der Waals surface area contributed by atoms with Gasteiger partial charge in [0.15, 0.2) is 5.69 Å². The Morgan fingerprint density at radius 3 is 2.57 bits per heavy atom. The highest BCUT2D eigenvalue weighted by atomic mass is 32.1. The van der Waals surface area contributed by atoms with Gasteiger partial charge in [-0.25, -0.2) is 9.37 Å². The summed E-state index contributed by atoms with van der Waals surface area (Å²) < 4.78 is 52.4. The summed E-state index contributed by atoms with van der Waals surface area (Å²) in [4.78, 5) is 3.79. The molecule has 21 heavy (non-hydrogen) atoms. The summed E-state index contributed by atoms with van der Waals surface area (Å²) in [5, 5.41) is 3.13. The van der Waals surface area contributed by atoms with E-state index in [1.165, 1.54) is 6.07 Å². The highest BCUT2D eigenvalue weighted by molar-refractivity contribution is 7.11. The van der Waals surface area contributed by atoms with Crippen molar-refractivity contribution >= 4 is 11.3 Å². The number of thiazole rings is 1. The summed E-state index contributed by atoms with van der Waals surface area (Å²) in [5.74, 6) is -0.436. The molecule has 0 aliphatic rings. The molecule has 2 rings (SSSR count). The Morgan fingerprint density at radius 2 is 1.95 bits per heavy atom. The van der Waals surface area contributed by atoms with Crippen LogP contribution < -0.4 is 5.32 Å². The zero-order valence-corrected chi connectivity index (χ0v) is 12.1. The van der Waals surface area contributed by atoms with Crippen LogP contribution in [-0.4, -0.2) is 11.5 Å². The zero-order valence-electron chi connectivity index (χ0n) is 11.3. The van der Waals surface area contributed by atoms with Gasteiger partial charge in [0.05, 0.1) is 9.88 Å². The molecule has 1 aromatic heterocycles. The van der Waals surface area contributed by atoms with Gasteiger partial charge in [-0.1, -0.05) is 25.1 Å². The van der Waals surface area contributed by atoms with Gasteiger partial charge in [-0.2, -0.15) is 13.2 Å². The molecule has 0 fully saturated rings. The number of benzene rings is 1. The SMILES string of the molecule is CCNCc1sc(Cc2ccccc2F)nc1C(F)(F)F. The van der Waals surface area contributed by atoms with Gasteiger partial charge in [-0.3, -0.25) is 0 Å². The minimum atomic E-state index is -4.49. The fraction of sp³-hybridized carbons (Fsp3) is 0.357. The summed E-state index contributed by atoms with van der Waals surface area (Å²) >= 11 is 0.970. The molecule has 0 aliphatic carbocycles. The molecule has 1 N–H and O–H groups in total. The first-order chi connectivity index (χ1) is 9.91. The zero-order chi connectivity index (χ0) is 15.5. The molecule has 0 bridgehead atoms. The number of alkyl halides is 3. The molecular formula is C14H14F4N2S. The maximum absolute atomic E-state index is 13.6. The van der Waals surface area contributed by atoms with E-state index >= 15 is 0 Å². The average molecular weight is 318 g/mol. The lowest BCUT2D eigenvalue weighted by Gasteiger charge is -2.05. The monoisotopic (exact) mass is 318 g/mol. The third-order valence-corrected chi connectivity index (χ3v) is 3.90. The fourth-order valence-corrected chi connectivity index (χ4v) is 2.94. The summed E-state index contributed by atoms with van der Waals surface area (Å²) in [6, 6.07) is 6.02. The van der Waals surface area contributed by atoms with Crippen molar-refractivity contribution in [1.82, 2.24) is 10.3 Å². The Bertz CT molecular complexity index is 607. The van der Waals surface area contributed by atoms with Gasteiger partial charge in [0, 0.05) is 13.0 Å². The van der Waals surface area contributed by atoms with Gasteiger partial charge in [0.2, 0.25) is 0 Å². The minimum absolute atomic E-state index is 0.0620. The summed E-state index contributed by atoms with van der Waals surface area (Å²) in [7, 11) is 0. The molecule has 1 heterocycles. The van der Waals surface area contributed by atoms with Gasteiger partial charge in [0.1, 0.15) is 5.82 Å². The highest BCUT2D eigenvalue weighted by Gasteiger charge is 2.37. The molecule has 2 nitrogen and oxygen atoms in total. The van der Waals surface area contributed by atoms with Crippen LogP contribution in [-0.2, 0) is 19.1 Å². The largest absolute Gasteiger partial charge is 0.434 e. The van der Waals surface area contributed by atoms with Crippen molar-refractivity contribution in [2.45, 2.75) is 26.1 Å². The lowest BCUT2D eigenvalue weighted by molar-refractivity contribution is -0.141. The molecule has 0 radical (unpaired) electrons. The van der Waals surface area contributed by atoms with Crippen LogP contribution in [0.2, 0.25) is 0 Å². The third kappa shape index (κ3) is 4.01. The van der Waals surface area contributed by atoms with E-state index in [0.29, 0.717) is 12.1 Å². The number of nitrogens with zero attached hydrogens (tertiary/aromatic N) is 1. The van der Waals surface area contributed by atoms with Crippen LogP contribution in [0.15, 0.2) is 24.3 Å². The second kappa shape index (κ2) is 6.53. The predicted molar refractivity (Wildman–Crippen MR) is 73.7 cm³/mol. The molecular weight excluding hydrogens is 304 g/mol. The topological polar surface area (TPSA) is 24.9 Å². The van der Waals surface area contributed by atoms with Crippen molar-refractivity contribution in [2.24, 2.45) is 0 Å². The van der Waals surface area contributed by atoms with Crippen LogP contribution in [0.3, 0.4) is 0 Å². The van der Waals surface area contributed by atoms with E-state index in [-0.39, 0.29) is 22.9 Å². The Balaban J connectivity index is 2.29. The lowest BCUT2D eigenvalue weighted by atomic mass is 10.1. The summed E-state index contributed by atoms with van der Waals surface area (Å²) in [6.07, 6.45) is -4.43. The van der Waals surface area contributed by atoms with E-state index in [0.717, 1.165) is 11.3 Å². The highest BCUT2D eigenvalue weighted by Crippen LogP contribution is 2.35. The molecule has 0 saturated heterocycles. The normalized spacial score (nSPS) is 11.9. The number of rotatable bonds is 5. The Hall–Kier alpha value is -1.47. The van der Waals surface area contributed by atoms with Crippen LogP contribution in [0.4, 0.5) is 17.6 Å².